The molecule has 0 atom stereocenters. The molecular formula is C28H27F3N6O2S. The summed E-state index contributed by atoms with van der Waals surface area (Å²) in [5, 5.41) is 18.6. The van der Waals surface area contributed by atoms with E-state index in [1.165, 1.54) is 35.3 Å². The normalized spacial score (nSPS) is 11.3. The molecule has 0 fully saturated rings. The maximum atomic E-state index is 12.4. The predicted octanol–water partition coefficient (Wildman–Crippen LogP) is 6.70. The van der Waals surface area contributed by atoms with Crippen molar-refractivity contribution in [1.29, 1.82) is 5.41 Å². The average molecular weight is 569 g/mol. The third-order valence-corrected chi connectivity index (χ3v) is 5.98. The van der Waals surface area contributed by atoms with Gasteiger partial charge in [-0.2, -0.15) is 0 Å². The average Bonchev–Trinajstić information content (AvgIpc) is 3.37. The molecule has 0 amide bonds. The van der Waals surface area contributed by atoms with Gasteiger partial charge in [-0.15, -0.1) is 18.3 Å². The zero-order valence-corrected chi connectivity index (χ0v) is 22.7. The van der Waals surface area contributed by atoms with Gasteiger partial charge in [0.2, 0.25) is 0 Å². The van der Waals surface area contributed by atoms with Crippen molar-refractivity contribution in [3.05, 3.63) is 89.7 Å². The molecule has 0 bridgehead atoms. The fourth-order valence-electron chi connectivity index (χ4n) is 3.82. The highest BCUT2D eigenvalue weighted by Gasteiger charge is 2.31. The molecule has 3 N–H and O–H groups in total. The molecule has 0 saturated heterocycles. The molecule has 208 valence electrons. The Labute approximate surface area is 234 Å². The lowest BCUT2D eigenvalue weighted by Crippen LogP contribution is -2.29. The van der Waals surface area contributed by atoms with Crippen LogP contribution < -0.4 is 15.4 Å². The van der Waals surface area contributed by atoms with Crippen molar-refractivity contribution in [2.24, 2.45) is 0 Å². The largest absolute Gasteiger partial charge is 0.573 e. The van der Waals surface area contributed by atoms with Crippen molar-refractivity contribution >= 4 is 29.1 Å². The van der Waals surface area contributed by atoms with Crippen LogP contribution in [0.1, 0.15) is 36.5 Å². The number of anilines is 1. The van der Waals surface area contributed by atoms with Gasteiger partial charge in [0.25, 0.3) is 11.2 Å². The van der Waals surface area contributed by atoms with E-state index in [2.05, 4.69) is 39.3 Å². The number of halogens is 3. The summed E-state index contributed by atoms with van der Waals surface area (Å²) in [6.07, 6.45) is -3.27. The smallest absolute Gasteiger partial charge is 0.406 e. The van der Waals surface area contributed by atoms with Gasteiger partial charge in [0.1, 0.15) is 12.1 Å². The fraction of sp³-hybridized carbons (Fsp3) is 0.214. The lowest BCUT2D eigenvalue weighted by molar-refractivity contribution is -0.274. The third-order valence-electron chi connectivity index (χ3n) is 5.75. The van der Waals surface area contributed by atoms with Gasteiger partial charge >= 0.3 is 6.36 Å². The molecule has 1 heterocycles. The monoisotopic (exact) mass is 568 g/mol. The van der Waals surface area contributed by atoms with E-state index in [-0.39, 0.29) is 22.9 Å². The maximum absolute atomic E-state index is 12.4. The van der Waals surface area contributed by atoms with E-state index in [9.17, 15) is 13.2 Å². The van der Waals surface area contributed by atoms with Gasteiger partial charge in [0.05, 0.1) is 5.69 Å². The van der Waals surface area contributed by atoms with Crippen molar-refractivity contribution in [3.63, 3.8) is 0 Å². The molecule has 8 nitrogen and oxygen atoms in total. The molecule has 0 spiro atoms. The summed E-state index contributed by atoms with van der Waals surface area (Å²) >= 11 is 5.24. The first kappa shape index (κ1) is 28.6. The highest BCUT2D eigenvalue weighted by molar-refractivity contribution is 7.80. The molecule has 12 heteroatoms. The summed E-state index contributed by atoms with van der Waals surface area (Å²) in [5.41, 5.74) is 5.15. The number of thiocarbonyl (C=S) groups is 1. The summed E-state index contributed by atoms with van der Waals surface area (Å²) in [7, 11) is 0. The minimum atomic E-state index is -4.75. The standard InChI is InChI=1S/C28H27F3N6O2S/c1-17(2)23-13-4-18(3)14-24(23)35-26(32)38-27(40)33-15-19-5-7-20(8-6-19)25-34-16-37(36-25)21-9-11-22(12-10-21)39-28(29,30)31/h4-14,16-17H,15H2,1-3H3,(H2,32,35)(H,33,40). The molecule has 4 aromatic rings. The van der Waals surface area contributed by atoms with Crippen LogP contribution in [-0.2, 0) is 11.3 Å². The van der Waals surface area contributed by atoms with Crippen molar-refractivity contribution in [2.45, 2.75) is 39.6 Å². The first-order valence-corrected chi connectivity index (χ1v) is 12.7. The number of amidine groups is 1. The highest BCUT2D eigenvalue weighted by atomic mass is 32.1. The van der Waals surface area contributed by atoms with E-state index in [4.69, 9.17) is 22.4 Å². The minimum Gasteiger partial charge on any atom is -0.406 e. The van der Waals surface area contributed by atoms with E-state index in [1.54, 1.807) is 0 Å². The Morgan fingerprint density at radius 1 is 1.05 bits per heavy atom. The Balaban J connectivity index is 1.30. The summed E-state index contributed by atoms with van der Waals surface area (Å²) in [4.78, 5) is 4.29. The molecule has 0 aliphatic carbocycles. The van der Waals surface area contributed by atoms with Crippen LogP contribution in [0.2, 0.25) is 0 Å². The van der Waals surface area contributed by atoms with Gasteiger partial charge in [-0.3, -0.25) is 5.41 Å². The number of rotatable bonds is 7. The molecule has 4 rings (SSSR count). The summed E-state index contributed by atoms with van der Waals surface area (Å²) in [5.74, 6) is 0.414. The van der Waals surface area contributed by atoms with Crippen LogP contribution in [0.15, 0.2) is 73.1 Å². The van der Waals surface area contributed by atoms with Crippen LogP contribution in [0.25, 0.3) is 17.1 Å². The van der Waals surface area contributed by atoms with Crippen LogP contribution in [0.4, 0.5) is 18.9 Å². The molecule has 0 saturated carbocycles. The minimum absolute atomic E-state index is 0.0624. The Morgan fingerprint density at radius 2 is 1.75 bits per heavy atom. The number of nitrogens with one attached hydrogen (secondary N) is 3. The first-order chi connectivity index (χ1) is 19.0. The molecule has 0 radical (unpaired) electrons. The third kappa shape index (κ3) is 7.79. The summed E-state index contributed by atoms with van der Waals surface area (Å²) in [6.45, 7) is 6.52. The molecule has 0 aliphatic rings. The number of benzene rings is 3. The highest BCUT2D eigenvalue weighted by Crippen LogP contribution is 2.26. The zero-order chi connectivity index (χ0) is 28.9. The number of hydrogen-bond donors (Lipinski definition) is 3. The van der Waals surface area contributed by atoms with E-state index in [1.807, 2.05) is 49.4 Å². The SMILES string of the molecule is Cc1ccc(C(C)C)c(NC(=N)OC(=S)NCc2ccc(-c3ncn(-c4ccc(OC(F)(F)F)cc4)n3)cc2)c1. The van der Waals surface area contributed by atoms with Crippen LogP contribution in [-0.4, -0.2) is 32.3 Å². The Bertz CT molecular complexity index is 1490. The van der Waals surface area contributed by atoms with Crippen molar-refractivity contribution < 1.29 is 22.6 Å². The number of alkyl halides is 3. The lowest BCUT2D eigenvalue weighted by Gasteiger charge is -2.16. The quantitative estimate of drug-likeness (QED) is 0.130. The molecule has 0 aliphatic heterocycles. The number of nitrogens with zero attached hydrogens (tertiary/aromatic N) is 3. The zero-order valence-electron chi connectivity index (χ0n) is 21.9. The summed E-state index contributed by atoms with van der Waals surface area (Å²) < 4.78 is 47.9. The first-order valence-electron chi connectivity index (χ1n) is 12.3. The van der Waals surface area contributed by atoms with Gasteiger partial charge in [0.15, 0.2) is 5.82 Å². The van der Waals surface area contributed by atoms with Crippen molar-refractivity contribution in [1.82, 2.24) is 20.1 Å². The number of hydrogen-bond acceptors (Lipinski definition) is 6. The van der Waals surface area contributed by atoms with Crippen molar-refractivity contribution in [2.75, 3.05) is 5.32 Å². The number of aryl methyl sites for hydroxylation is 1. The molecule has 40 heavy (non-hydrogen) atoms. The molecule has 3 aromatic carbocycles. The van der Waals surface area contributed by atoms with Gasteiger partial charge < -0.3 is 20.1 Å². The van der Waals surface area contributed by atoms with Gasteiger partial charge in [-0.1, -0.05) is 50.2 Å². The summed E-state index contributed by atoms with van der Waals surface area (Å²) in [6, 6.07) is 18.6. The van der Waals surface area contributed by atoms with Gasteiger partial charge in [-0.25, -0.2) is 9.67 Å². The van der Waals surface area contributed by atoms with E-state index < -0.39 is 6.36 Å². The second kappa shape index (κ2) is 12.2. The van der Waals surface area contributed by atoms with E-state index in [0.29, 0.717) is 18.1 Å². The Morgan fingerprint density at radius 3 is 2.40 bits per heavy atom. The second-order valence-corrected chi connectivity index (χ2v) is 9.56. The van der Waals surface area contributed by atoms with E-state index >= 15 is 0 Å². The maximum Gasteiger partial charge on any atom is 0.573 e. The van der Waals surface area contributed by atoms with Gasteiger partial charge in [-0.05, 0) is 72.1 Å². The lowest BCUT2D eigenvalue weighted by atomic mass is 9.99. The fourth-order valence-corrected chi connectivity index (χ4v) is 3.98. The van der Waals surface area contributed by atoms with Crippen LogP contribution in [0.3, 0.4) is 0 Å². The van der Waals surface area contributed by atoms with Crippen LogP contribution in [0.5, 0.6) is 5.75 Å². The van der Waals surface area contributed by atoms with Gasteiger partial charge in [0, 0.05) is 17.8 Å². The Kier molecular flexibility index (Phi) is 8.68. The molecular weight excluding hydrogens is 541 g/mol. The topological polar surface area (TPSA) is 97.1 Å². The molecule has 0 unspecified atom stereocenters. The number of aromatic nitrogens is 3. The Hall–Kier alpha value is -4.45. The van der Waals surface area contributed by atoms with Crippen LogP contribution in [0, 0.1) is 12.3 Å². The second-order valence-electron chi connectivity index (χ2n) is 9.19. The number of ether oxygens (including phenoxy) is 2. The van der Waals surface area contributed by atoms with E-state index in [0.717, 1.165) is 27.9 Å². The van der Waals surface area contributed by atoms with Crippen LogP contribution >= 0.6 is 12.2 Å². The molecule has 1 aromatic heterocycles. The predicted molar refractivity (Wildman–Crippen MR) is 151 cm³/mol. The van der Waals surface area contributed by atoms with Crippen molar-refractivity contribution in [3.8, 4) is 22.8 Å².